The van der Waals surface area contributed by atoms with Gasteiger partial charge in [-0.05, 0) is 61.8 Å². The Bertz CT molecular complexity index is 990. The summed E-state index contributed by atoms with van der Waals surface area (Å²) in [6.45, 7) is 15.1. The first-order valence-corrected chi connectivity index (χ1v) is 14.2. The van der Waals surface area contributed by atoms with Crippen molar-refractivity contribution in [3.05, 3.63) is 46.6 Å². The van der Waals surface area contributed by atoms with Crippen LogP contribution in [-0.4, -0.2) is 73.5 Å². The van der Waals surface area contributed by atoms with E-state index in [0.717, 1.165) is 18.7 Å². The second kappa shape index (κ2) is 15.8. The zero-order valence-corrected chi connectivity index (χ0v) is 23.5. The minimum absolute atomic E-state index is 0.0523. The second-order valence-corrected chi connectivity index (χ2v) is 10.7. The number of nitrogens with one attached hydrogen (secondary N) is 2. The van der Waals surface area contributed by atoms with Crippen LogP contribution in [0.1, 0.15) is 51.0 Å². The number of carbonyl (C=O) groups excluding carboxylic acids is 1. The van der Waals surface area contributed by atoms with Gasteiger partial charge < -0.3 is 25.7 Å². The Morgan fingerprint density at radius 1 is 1.26 bits per heavy atom. The molecule has 0 aliphatic heterocycles. The van der Waals surface area contributed by atoms with E-state index >= 15 is 0 Å². The van der Waals surface area contributed by atoms with Gasteiger partial charge in [0, 0.05) is 36.4 Å². The number of hydrogen-bond acceptors (Lipinski definition) is 8. The van der Waals surface area contributed by atoms with E-state index in [2.05, 4.69) is 45.1 Å². The Kier molecular flexibility index (Phi) is 13.9. The molecule has 0 unspecified atom stereocenters. The lowest BCUT2D eigenvalue weighted by atomic mass is 10.2. The first kappa shape index (κ1) is 30.9. The highest BCUT2D eigenvalue weighted by Gasteiger charge is 2.21. The molecule has 10 nitrogen and oxygen atoms in total. The summed E-state index contributed by atoms with van der Waals surface area (Å²) in [5, 5.41) is 6.01. The topological polar surface area (TPSA) is 134 Å². The van der Waals surface area contributed by atoms with Crippen LogP contribution in [0.25, 0.3) is 0 Å². The van der Waals surface area contributed by atoms with Crippen molar-refractivity contribution in [2.24, 2.45) is 0 Å². The van der Waals surface area contributed by atoms with Crippen molar-refractivity contribution in [3.63, 3.8) is 0 Å². The quantitative estimate of drug-likeness (QED) is 0.191. The number of rotatable bonds is 17. The molecule has 0 saturated heterocycles. The molecule has 1 aromatic heterocycles. The van der Waals surface area contributed by atoms with Crippen LogP contribution in [0.15, 0.2) is 45.3 Å². The summed E-state index contributed by atoms with van der Waals surface area (Å²) in [7, 11) is -3.34. The van der Waals surface area contributed by atoms with Crippen molar-refractivity contribution in [2.75, 3.05) is 50.8 Å². The molecule has 0 spiro atoms. The maximum Gasteiger partial charge on any atom is 0.292 e. The van der Waals surface area contributed by atoms with Gasteiger partial charge in [-0.1, -0.05) is 26.5 Å². The number of sulfonamides is 1. The molecule has 0 bridgehead atoms. The van der Waals surface area contributed by atoms with Crippen LogP contribution in [-0.2, 0) is 10.0 Å². The fourth-order valence-corrected chi connectivity index (χ4v) is 5.01. The van der Waals surface area contributed by atoms with Gasteiger partial charge in [-0.15, -0.1) is 0 Å². The molecular weight excluding hydrogens is 536 g/mol. The van der Waals surface area contributed by atoms with Crippen molar-refractivity contribution in [3.8, 4) is 0 Å². The van der Waals surface area contributed by atoms with E-state index in [9.17, 15) is 13.2 Å². The molecule has 0 atom stereocenters. The Hall–Kier alpha value is -2.15. The largest absolute Gasteiger partial charge is 0.431 e. The fraction of sp³-hybridized carbons (Fsp3) is 0.565. The number of hydrogen-bond donors (Lipinski definition) is 3. The summed E-state index contributed by atoms with van der Waals surface area (Å²) in [6.07, 6.45) is 6.13. The van der Waals surface area contributed by atoms with Crippen LogP contribution >= 0.6 is 15.9 Å². The van der Waals surface area contributed by atoms with E-state index in [0.29, 0.717) is 49.3 Å². The monoisotopic (exact) mass is 574 g/mol. The average Bonchev–Trinajstić information content (AvgIpc) is 3.26. The van der Waals surface area contributed by atoms with Crippen molar-refractivity contribution in [1.29, 1.82) is 0 Å². The molecule has 198 valence electrons. The highest BCUT2D eigenvalue weighted by Crippen LogP contribution is 2.17. The molecule has 35 heavy (non-hydrogen) atoms. The third-order valence-electron chi connectivity index (χ3n) is 5.22. The summed E-state index contributed by atoms with van der Waals surface area (Å²) in [4.78, 5) is 18.4. The summed E-state index contributed by atoms with van der Waals surface area (Å²) in [6, 6.07) is -0.0972. The van der Waals surface area contributed by atoms with Crippen molar-refractivity contribution in [2.45, 2.75) is 40.5 Å². The van der Waals surface area contributed by atoms with Crippen LogP contribution in [0.4, 0.5) is 6.01 Å². The molecule has 0 radical (unpaired) electrons. The van der Waals surface area contributed by atoms with E-state index in [1.54, 1.807) is 12.2 Å². The van der Waals surface area contributed by atoms with Crippen LogP contribution < -0.4 is 16.4 Å². The van der Waals surface area contributed by atoms with Gasteiger partial charge in [-0.25, -0.2) is 12.7 Å². The fourth-order valence-electron chi connectivity index (χ4n) is 3.27. The molecular formula is C23H39BrN6O4S. The first-order valence-electron chi connectivity index (χ1n) is 11.8. The number of nitrogens with zero attached hydrogens (tertiary/aromatic N) is 3. The van der Waals surface area contributed by atoms with Crippen LogP contribution in [0.5, 0.6) is 0 Å². The average molecular weight is 576 g/mol. The molecule has 12 heteroatoms. The van der Waals surface area contributed by atoms with E-state index in [-0.39, 0.29) is 17.5 Å². The van der Waals surface area contributed by atoms with Crippen molar-refractivity contribution >= 4 is 37.9 Å². The normalized spacial score (nSPS) is 13.0. The number of likely N-dealkylation sites (N-methyl/N-ethyl adjacent to an activating group) is 2. The predicted octanol–water partition coefficient (Wildman–Crippen LogP) is 3.05. The van der Waals surface area contributed by atoms with Gasteiger partial charge in [0.2, 0.25) is 10.0 Å². The molecule has 1 aromatic rings. The Balaban J connectivity index is 2.88. The maximum atomic E-state index is 12.8. The van der Waals surface area contributed by atoms with Gasteiger partial charge >= 0.3 is 0 Å². The number of allylic oxidation sites excluding steroid dienone is 4. The predicted molar refractivity (Wildman–Crippen MR) is 144 cm³/mol. The molecule has 0 aliphatic carbocycles. The molecule has 0 aliphatic rings. The molecule has 1 amide bonds. The Labute approximate surface area is 217 Å². The molecule has 0 aromatic carbocycles. The lowest BCUT2D eigenvalue weighted by Gasteiger charge is -2.28. The minimum Gasteiger partial charge on any atom is -0.431 e. The minimum atomic E-state index is -3.34. The molecule has 0 fully saturated rings. The van der Waals surface area contributed by atoms with Crippen LogP contribution in [0.3, 0.4) is 0 Å². The zero-order valence-electron chi connectivity index (χ0n) is 21.1. The lowest BCUT2D eigenvalue weighted by Crippen LogP contribution is -2.39. The smallest absolute Gasteiger partial charge is 0.292 e. The highest BCUT2D eigenvalue weighted by atomic mass is 79.9. The van der Waals surface area contributed by atoms with Gasteiger partial charge in [0.15, 0.2) is 5.69 Å². The highest BCUT2D eigenvalue weighted by molar-refractivity contribution is 9.11. The van der Waals surface area contributed by atoms with E-state index in [4.69, 9.17) is 10.2 Å². The Morgan fingerprint density at radius 3 is 2.51 bits per heavy atom. The number of oxazole rings is 1. The summed E-state index contributed by atoms with van der Waals surface area (Å²) < 4.78 is 32.6. The van der Waals surface area contributed by atoms with E-state index in [1.807, 2.05) is 25.7 Å². The summed E-state index contributed by atoms with van der Waals surface area (Å²) >= 11 is 3.41. The number of amides is 1. The second-order valence-electron chi connectivity index (χ2n) is 7.77. The number of halogens is 1. The number of anilines is 1. The van der Waals surface area contributed by atoms with E-state index in [1.165, 1.54) is 10.6 Å². The van der Waals surface area contributed by atoms with Crippen LogP contribution in [0, 0.1) is 0 Å². The summed E-state index contributed by atoms with van der Waals surface area (Å²) in [5.74, 6) is -0.362. The zero-order chi connectivity index (χ0) is 26.4. The number of nitrogen functional groups attached to an aromatic ring is 1. The number of carbonyl (C=O) groups is 1. The molecule has 1 heterocycles. The SMILES string of the molecule is C=C/C(Br)=C(\C=C(/C)N(CC)CCN(CC)S(=O)(=O)CCCNCCC)NC(=O)c1coc(N)n1. The van der Waals surface area contributed by atoms with Crippen molar-refractivity contribution in [1.82, 2.24) is 24.8 Å². The van der Waals surface area contributed by atoms with E-state index < -0.39 is 15.9 Å². The van der Waals surface area contributed by atoms with Gasteiger partial charge in [0.1, 0.15) is 6.26 Å². The first-order chi connectivity index (χ1) is 16.6. The molecule has 0 saturated carbocycles. The number of aromatic nitrogens is 1. The van der Waals surface area contributed by atoms with Gasteiger partial charge in [0.05, 0.1) is 11.4 Å². The molecule has 4 N–H and O–H groups in total. The van der Waals surface area contributed by atoms with Gasteiger partial charge in [0.25, 0.3) is 11.9 Å². The third-order valence-corrected chi connectivity index (χ3v) is 8.00. The third kappa shape index (κ3) is 10.6. The Morgan fingerprint density at radius 2 is 1.97 bits per heavy atom. The molecule has 1 rings (SSSR count). The maximum absolute atomic E-state index is 12.8. The lowest BCUT2D eigenvalue weighted by molar-refractivity contribution is 0.0962. The van der Waals surface area contributed by atoms with Gasteiger partial charge in [-0.3, -0.25) is 4.79 Å². The van der Waals surface area contributed by atoms with Crippen LogP contribution in [0.2, 0.25) is 0 Å². The standard InChI is InChI=1S/C23H39BrN6O4S/c1-6-11-26-12-10-15-35(32,33)30(9-4)14-13-29(8-3)18(5)16-20(19(24)7-2)27-22(31)21-17-34-23(25)28-21/h7,16-17,26H,2,6,8-15H2,1,3-5H3,(H2,25,28)(H,27,31)/b18-16+,20-19-. The number of nitrogens with two attached hydrogens (primary N) is 1. The van der Waals surface area contributed by atoms with Gasteiger partial charge in [-0.2, -0.15) is 4.98 Å². The summed E-state index contributed by atoms with van der Waals surface area (Å²) in [5.41, 5.74) is 6.83. The van der Waals surface area contributed by atoms with Crippen molar-refractivity contribution < 1.29 is 17.6 Å².